The van der Waals surface area contributed by atoms with E-state index in [9.17, 15) is 9.59 Å². The van der Waals surface area contributed by atoms with Gasteiger partial charge in [0.05, 0.1) is 34.7 Å². The number of rotatable bonds is 4. The van der Waals surface area contributed by atoms with E-state index in [1.54, 1.807) is 35.6 Å². The molecule has 142 valence electrons. The van der Waals surface area contributed by atoms with Gasteiger partial charge in [-0.25, -0.2) is 9.97 Å². The molecule has 0 aliphatic rings. The quantitative estimate of drug-likeness (QED) is 0.535. The zero-order valence-electron chi connectivity index (χ0n) is 15.5. The van der Waals surface area contributed by atoms with Crippen molar-refractivity contribution in [3.63, 3.8) is 0 Å². The molecule has 8 nitrogen and oxygen atoms in total. The lowest BCUT2D eigenvalue weighted by Gasteiger charge is -2.18. The van der Waals surface area contributed by atoms with Gasteiger partial charge in [-0.2, -0.15) is 0 Å². The van der Waals surface area contributed by atoms with Crippen molar-refractivity contribution in [3.8, 4) is 0 Å². The largest absolute Gasteiger partial charge is 0.318 e. The first kappa shape index (κ1) is 17.7. The van der Waals surface area contributed by atoms with E-state index in [1.807, 2.05) is 48.5 Å². The summed E-state index contributed by atoms with van der Waals surface area (Å²) < 4.78 is 3.53. The smallest absolute Gasteiger partial charge is 0.261 e. The highest BCUT2D eigenvalue weighted by atomic mass is 16.2. The van der Waals surface area contributed by atoms with Crippen LogP contribution in [0.2, 0.25) is 0 Å². The lowest BCUT2D eigenvalue weighted by atomic mass is 10.2. The molecule has 0 saturated heterocycles. The van der Waals surface area contributed by atoms with Crippen LogP contribution in [0.4, 0.5) is 0 Å². The summed E-state index contributed by atoms with van der Waals surface area (Å²) in [5.74, 6) is -0.668. The molecule has 0 radical (unpaired) electrons. The molecule has 2 aromatic carbocycles. The van der Waals surface area contributed by atoms with Crippen LogP contribution in [0, 0.1) is 0 Å². The molecule has 2 aromatic heterocycles. The Bertz CT molecular complexity index is 1070. The molecule has 0 aliphatic heterocycles. The maximum absolute atomic E-state index is 12.5. The van der Waals surface area contributed by atoms with E-state index in [2.05, 4.69) is 20.8 Å². The summed E-state index contributed by atoms with van der Waals surface area (Å²) in [5.41, 5.74) is 8.35. The molecule has 0 bridgehead atoms. The third-order valence-corrected chi connectivity index (χ3v) is 4.86. The highest BCUT2D eigenvalue weighted by Crippen LogP contribution is 2.18. The van der Waals surface area contributed by atoms with Gasteiger partial charge in [0.2, 0.25) is 0 Å². The highest BCUT2D eigenvalue weighted by Gasteiger charge is 2.21. The maximum atomic E-state index is 12.5. The Balaban J connectivity index is 1.43. The normalized spacial score (nSPS) is 13.4. The number of imidazole rings is 2. The fraction of sp³-hybridized carbons (Fsp3) is 0.200. The van der Waals surface area contributed by atoms with Crippen molar-refractivity contribution in [3.05, 3.63) is 61.2 Å². The zero-order valence-corrected chi connectivity index (χ0v) is 15.5. The van der Waals surface area contributed by atoms with E-state index < -0.39 is 12.1 Å². The van der Waals surface area contributed by atoms with Gasteiger partial charge in [-0.3, -0.25) is 20.4 Å². The number of hydrazine groups is 1. The van der Waals surface area contributed by atoms with Gasteiger partial charge in [0.1, 0.15) is 12.1 Å². The number of aromatic nitrogens is 4. The van der Waals surface area contributed by atoms with Gasteiger partial charge in [-0.05, 0) is 38.1 Å². The number of nitrogens with one attached hydrogen (secondary N) is 2. The zero-order chi connectivity index (χ0) is 19.7. The molecule has 8 heteroatoms. The van der Waals surface area contributed by atoms with Gasteiger partial charge < -0.3 is 9.13 Å². The number of carbonyl (C=O) groups is 2. The molecule has 2 heterocycles. The summed E-state index contributed by atoms with van der Waals surface area (Å²) in [6, 6.07) is 14.1. The fourth-order valence-corrected chi connectivity index (χ4v) is 3.16. The van der Waals surface area contributed by atoms with Crippen LogP contribution in [0.3, 0.4) is 0 Å². The molecule has 2 atom stereocenters. The van der Waals surface area contributed by atoms with Gasteiger partial charge in [-0.1, -0.05) is 24.3 Å². The molecule has 0 spiro atoms. The summed E-state index contributed by atoms with van der Waals surface area (Å²) in [4.78, 5) is 33.6. The Morgan fingerprint density at radius 3 is 1.57 bits per heavy atom. The summed E-state index contributed by atoms with van der Waals surface area (Å²) in [6.07, 6.45) is 3.24. The van der Waals surface area contributed by atoms with E-state index in [0.29, 0.717) is 0 Å². The molecular formula is C20H20N6O2. The lowest BCUT2D eigenvalue weighted by molar-refractivity contribution is -0.131. The summed E-state index contributed by atoms with van der Waals surface area (Å²) in [7, 11) is 0. The first-order valence-corrected chi connectivity index (χ1v) is 8.99. The van der Waals surface area contributed by atoms with Crippen molar-refractivity contribution < 1.29 is 9.59 Å². The molecule has 28 heavy (non-hydrogen) atoms. The second-order valence-electron chi connectivity index (χ2n) is 6.61. The number of hydrogen-bond donors (Lipinski definition) is 2. The topological polar surface area (TPSA) is 93.8 Å². The average molecular weight is 376 g/mol. The van der Waals surface area contributed by atoms with Crippen LogP contribution in [0.1, 0.15) is 25.9 Å². The number of carbonyl (C=O) groups excluding carboxylic acids is 2. The minimum absolute atomic E-state index is 0.334. The number of fused-ring (bicyclic) bond motifs is 2. The molecule has 0 saturated carbocycles. The number of para-hydroxylation sites is 4. The van der Waals surface area contributed by atoms with Crippen molar-refractivity contribution in [1.29, 1.82) is 0 Å². The summed E-state index contributed by atoms with van der Waals surface area (Å²) in [6.45, 7) is 3.50. The van der Waals surface area contributed by atoms with Crippen LogP contribution in [0.5, 0.6) is 0 Å². The number of nitrogens with zero attached hydrogens (tertiary/aromatic N) is 4. The molecule has 4 aromatic rings. The number of hydrogen-bond acceptors (Lipinski definition) is 4. The summed E-state index contributed by atoms with van der Waals surface area (Å²) >= 11 is 0. The minimum atomic E-state index is -0.530. The van der Waals surface area contributed by atoms with E-state index in [0.717, 1.165) is 22.1 Å². The molecule has 0 fully saturated rings. The van der Waals surface area contributed by atoms with Gasteiger partial charge in [0, 0.05) is 0 Å². The van der Waals surface area contributed by atoms with Crippen LogP contribution >= 0.6 is 0 Å². The van der Waals surface area contributed by atoms with E-state index in [4.69, 9.17) is 0 Å². The first-order chi connectivity index (χ1) is 13.6. The monoisotopic (exact) mass is 376 g/mol. The Morgan fingerprint density at radius 2 is 1.14 bits per heavy atom. The standard InChI is InChI=1S/C20H20N6O2/c1-13(25-11-21-15-7-3-5-9-17(15)25)19(27)23-24-20(28)14(2)26-12-22-16-8-4-6-10-18(16)26/h3-14H,1-2H3,(H,23,27)(H,24,28)/t13-,14-/m0/s1. The Morgan fingerprint density at radius 1 is 0.750 bits per heavy atom. The summed E-state index contributed by atoms with van der Waals surface area (Å²) in [5, 5.41) is 0. The van der Waals surface area contributed by atoms with Crippen molar-refractivity contribution in [2.75, 3.05) is 0 Å². The van der Waals surface area contributed by atoms with Gasteiger partial charge in [0.15, 0.2) is 0 Å². The molecule has 4 rings (SSSR count). The van der Waals surface area contributed by atoms with Crippen LogP contribution in [0.25, 0.3) is 22.1 Å². The van der Waals surface area contributed by atoms with Crippen LogP contribution in [-0.2, 0) is 9.59 Å². The fourth-order valence-electron chi connectivity index (χ4n) is 3.16. The van der Waals surface area contributed by atoms with E-state index in [-0.39, 0.29) is 11.8 Å². The molecule has 0 aliphatic carbocycles. The van der Waals surface area contributed by atoms with Crippen molar-refractivity contribution >= 4 is 33.9 Å². The maximum Gasteiger partial charge on any atom is 0.261 e. The predicted molar refractivity (Wildman–Crippen MR) is 105 cm³/mol. The third-order valence-electron chi connectivity index (χ3n) is 4.86. The predicted octanol–water partition coefficient (Wildman–Crippen LogP) is 2.36. The van der Waals surface area contributed by atoms with Gasteiger partial charge in [0.25, 0.3) is 11.8 Å². The lowest BCUT2D eigenvalue weighted by Crippen LogP contribution is -2.46. The van der Waals surface area contributed by atoms with Crippen molar-refractivity contribution in [2.45, 2.75) is 25.9 Å². The number of amides is 2. The SMILES string of the molecule is C[C@@H](C(=O)NNC(=O)[C@H](C)n1cnc2ccccc21)n1cnc2ccccc21. The van der Waals surface area contributed by atoms with Gasteiger partial charge >= 0.3 is 0 Å². The second kappa shape index (κ2) is 7.15. The minimum Gasteiger partial charge on any atom is -0.318 e. The van der Waals surface area contributed by atoms with Crippen LogP contribution < -0.4 is 10.9 Å². The number of benzene rings is 2. The Kier molecular flexibility index (Phi) is 4.52. The van der Waals surface area contributed by atoms with Crippen LogP contribution in [0.15, 0.2) is 61.2 Å². The first-order valence-electron chi connectivity index (χ1n) is 8.99. The van der Waals surface area contributed by atoms with Crippen LogP contribution in [-0.4, -0.2) is 30.9 Å². The Labute approximate surface area is 161 Å². The molecular weight excluding hydrogens is 356 g/mol. The van der Waals surface area contributed by atoms with E-state index >= 15 is 0 Å². The van der Waals surface area contributed by atoms with Crippen molar-refractivity contribution in [1.82, 2.24) is 30.0 Å². The highest BCUT2D eigenvalue weighted by molar-refractivity contribution is 5.88. The second-order valence-corrected chi connectivity index (χ2v) is 6.61. The van der Waals surface area contributed by atoms with E-state index in [1.165, 1.54) is 0 Å². The Hall–Kier alpha value is -3.68. The molecule has 2 amide bonds. The average Bonchev–Trinajstić information content (AvgIpc) is 3.35. The van der Waals surface area contributed by atoms with Gasteiger partial charge in [-0.15, -0.1) is 0 Å². The van der Waals surface area contributed by atoms with Crippen molar-refractivity contribution in [2.24, 2.45) is 0 Å². The third kappa shape index (κ3) is 3.09. The molecule has 0 unspecified atom stereocenters. The molecule has 2 N–H and O–H groups in total.